The first-order chi connectivity index (χ1) is 10.2. The number of rotatable bonds is 7. The van der Waals surface area contributed by atoms with E-state index in [9.17, 15) is 4.39 Å². The first-order valence-electron chi connectivity index (χ1n) is 7.42. The SMILES string of the molecule is CC(Cc1ccccc1F)N(CCN)Cc1ccccc1. The van der Waals surface area contributed by atoms with E-state index in [-0.39, 0.29) is 11.9 Å². The van der Waals surface area contributed by atoms with Crippen molar-refractivity contribution in [3.05, 3.63) is 71.5 Å². The van der Waals surface area contributed by atoms with Crippen LogP contribution in [0.3, 0.4) is 0 Å². The normalized spacial score (nSPS) is 12.6. The van der Waals surface area contributed by atoms with Crippen molar-refractivity contribution in [2.24, 2.45) is 5.73 Å². The Balaban J connectivity index is 2.05. The van der Waals surface area contributed by atoms with Gasteiger partial charge in [0.15, 0.2) is 0 Å². The maximum Gasteiger partial charge on any atom is 0.126 e. The van der Waals surface area contributed by atoms with Gasteiger partial charge in [0.2, 0.25) is 0 Å². The molecule has 0 saturated heterocycles. The Morgan fingerprint density at radius 2 is 1.71 bits per heavy atom. The van der Waals surface area contributed by atoms with Crippen molar-refractivity contribution < 1.29 is 4.39 Å². The predicted molar refractivity (Wildman–Crippen MR) is 85.5 cm³/mol. The zero-order valence-corrected chi connectivity index (χ0v) is 12.5. The van der Waals surface area contributed by atoms with Crippen LogP contribution >= 0.6 is 0 Å². The molecule has 2 aromatic carbocycles. The minimum Gasteiger partial charge on any atom is -0.329 e. The van der Waals surface area contributed by atoms with E-state index in [4.69, 9.17) is 5.73 Å². The molecule has 0 amide bonds. The van der Waals surface area contributed by atoms with Crippen molar-refractivity contribution >= 4 is 0 Å². The summed E-state index contributed by atoms with van der Waals surface area (Å²) in [5.41, 5.74) is 7.75. The highest BCUT2D eigenvalue weighted by Gasteiger charge is 2.15. The molecule has 0 aliphatic heterocycles. The van der Waals surface area contributed by atoms with Gasteiger partial charge in [-0.1, -0.05) is 48.5 Å². The molecule has 0 saturated carbocycles. The van der Waals surface area contributed by atoms with Gasteiger partial charge in [-0.2, -0.15) is 0 Å². The van der Waals surface area contributed by atoms with E-state index in [1.54, 1.807) is 6.07 Å². The van der Waals surface area contributed by atoms with Crippen LogP contribution in [0.15, 0.2) is 54.6 Å². The van der Waals surface area contributed by atoms with Crippen molar-refractivity contribution in [2.75, 3.05) is 13.1 Å². The zero-order valence-electron chi connectivity index (χ0n) is 12.5. The standard InChI is InChI=1S/C18H23FN2/c1-15(13-17-9-5-6-10-18(17)19)21(12-11-20)14-16-7-3-2-4-8-16/h2-10,15H,11-14,20H2,1H3. The van der Waals surface area contributed by atoms with Crippen LogP contribution in [0.4, 0.5) is 4.39 Å². The van der Waals surface area contributed by atoms with Crippen molar-refractivity contribution in [1.82, 2.24) is 4.90 Å². The van der Waals surface area contributed by atoms with Crippen LogP contribution in [0.5, 0.6) is 0 Å². The number of nitrogens with two attached hydrogens (primary N) is 1. The molecule has 2 N–H and O–H groups in total. The molecule has 2 rings (SSSR count). The Bertz CT molecular complexity index is 542. The second-order valence-electron chi connectivity index (χ2n) is 5.39. The number of nitrogens with zero attached hydrogens (tertiary/aromatic N) is 1. The van der Waals surface area contributed by atoms with Gasteiger partial charge in [0.1, 0.15) is 5.82 Å². The third-order valence-corrected chi connectivity index (χ3v) is 3.74. The third-order valence-electron chi connectivity index (χ3n) is 3.74. The van der Waals surface area contributed by atoms with Gasteiger partial charge >= 0.3 is 0 Å². The predicted octanol–water partition coefficient (Wildman–Crippen LogP) is 3.22. The van der Waals surface area contributed by atoms with Crippen molar-refractivity contribution in [3.63, 3.8) is 0 Å². The molecule has 0 aliphatic rings. The molecule has 0 spiro atoms. The molecule has 0 fully saturated rings. The van der Waals surface area contributed by atoms with E-state index in [0.717, 1.165) is 18.7 Å². The number of benzene rings is 2. The van der Waals surface area contributed by atoms with Crippen LogP contribution < -0.4 is 5.73 Å². The highest BCUT2D eigenvalue weighted by Crippen LogP contribution is 2.14. The molecular weight excluding hydrogens is 263 g/mol. The zero-order chi connectivity index (χ0) is 15.1. The minimum absolute atomic E-state index is 0.128. The summed E-state index contributed by atoms with van der Waals surface area (Å²) in [6, 6.07) is 17.5. The monoisotopic (exact) mass is 286 g/mol. The van der Waals surface area contributed by atoms with Crippen LogP contribution in [0.25, 0.3) is 0 Å². The van der Waals surface area contributed by atoms with Crippen LogP contribution in [0.2, 0.25) is 0 Å². The summed E-state index contributed by atoms with van der Waals surface area (Å²) in [5.74, 6) is -0.128. The maximum atomic E-state index is 13.8. The smallest absolute Gasteiger partial charge is 0.126 e. The average molecular weight is 286 g/mol. The van der Waals surface area contributed by atoms with Gasteiger partial charge in [-0.05, 0) is 30.5 Å². The van der Waals surface area contributed by atoms with Crippen LogP contribution in [0, 0.1) is 5.82 Å². The number of halogens is 1. The van der Waals surface area contributed by atoms with Gasteiger partial charge in [0, 0.05) is 25.7 Å². The summed E-state index contributed by atoms with van der Waals surface area (Å²) in [5, 5.41) is 0. The van der Waals surface area contributed by atoms with Crippen molar-refractivity contribution in [1.29, 1.82) is 0 Å². The van der Waals surface area contributed by atoms with Crippen molar-refractivity contribution in [2.45, 2.75) is 25.9 Å². The maximum absolute atomic E-state index is 13.8. The lowest BCUT2D eigenvalue weighted by atomic mass is 10.0. The van der Waals surface area contributed by atoms with Crippen LogP contribution in [-0.4, -0.2) is 24.0 Å². The molecule has 112 valence electrons. The molecule has 0 radical (unpaired) electrons. The summed E-state index contributed by atoms with van der Waals surface area (Å²) in [6.45, 7) is 4.39. The lowest BCUT2D eigenvalue weighted by molar-refractivity contribution is 0.203. The summed E-state index contributed by atoms with van der Waals surface area (Å²) in [7, 11) is 0. The van der Waals surface area contributed by atoms with Gasteiger partial charge in [-0.3, -0.25) is 4.90 Å². The lowest BCUT2D eigenvalue weighted by Gasteiger charge is -2.29. The minimum atomic E-state index is -0.128. The fourth-order valence-corrected chi connectivity index (χ4v) is 2.55. The molecular formula is C18H23FN2. The average Bonchev–Trinajstić information content (AvgIpc) is 2.50. The Morgan fingerprint density at radius 3 is 2.38 bits per heavy atom. The summed E-state index contributed by atoms with van der Waals surface area (Å²) >= 11 is 0. The third kappa shape index (κ3) is 4.66. The Morgan fingerprint density at radius 1 is 1.05 bits per heavy atom. The Labute approximate surface area is 126 Å². The first-order valence-corrected chi connectivity index (χ1v) is 7.42. The Hall–Kier alpha value is -1.71. The van der Waals surface area contributed by atoms with E-state index in [2.05, 4.69) is 24.0 Å². The van der Waals surface area contributed by atoms with Gasteiger partial charge in [-0.15, -0.1) is 0 Å². The quantitative estimate of drug-likeness (QED) is 0.847. The summed E-state index contributed by atoms with van der Waals surface area (Å²) in [6.07, 6.45) is 0.694. The second kappa shape index (κ2) is 7.91. The molecule has 1 unspecified atom stereocenters. The molecule has 2 aromatic rings. The van der Waals surface area contributed by atoms with E-state index in [1.807, 2.05) is 30.3 Å². The van der Waals surface area contributed by atoms with E-state index in [0.29, 0.717) is 13.0 Å². The molecule has 0 heterocycles. The Kier molecular flexibility index (Phi) is 5.90. The fourth-order valence-electron chi connectivity index (χ4n) is 2.55. The molecule has 1 atom stereocenters. The van der Waals surface area contributed by atoms with Gasteiger partial charge in [-0.25, -0.2) is 4.39 Å². The molecule has 2 nitrogen and oxygen atoms in total. The molecule has 21 heavy (non-hydrogen) atoms. The van der Waals surface area contributed by atoms with Gasteiger partial charge < -0.3 is 5.73 Å². The van der Waals surface area contributed by atoms with E-state index in [1.165, 1.54) is 11.6 Å². The number of hydrogen-bond donors (Lipinski definition) is 1. The van der Waals surface area contributed by atoms with Gasteiger partial charge in [0.25, 0.3) is 0 Å². The van der Waals surface area contributed by atoms with E-state index >= 15 is 0 Å². The highest BCUT2D eigenvalue weighted by molar-refractivity contribution is 5.19. The summed E-state index contributed by atoms with van der Waals surface area (Å²) < 4.78 is 13.8. The molecule has 0 aromatic heterocycles. The largest absolute Gasteiger partial charge is 0.329 e. The summed E-state index contributed by atoms with van der Waals surface area (Å²) in [4.78, 5) is 2.31. The lowest BCUT2D eigenvalue weighted by Crippen LogP contribution is -2.38. The molecule has 0 aliphatic carbocycles. The fraction of sp³-hybridized carbons (Fsp3) is 0.333. The van der Waals surface area contributed by atoms with Gasteiger partial charge in [0.05, 0.1) is 0 Å². The second-order valence-corrected chi connectivity index (χ2v) is 5.39. The highest BCUT2D eigenvalue weighted by atomic mass is 19.1. The van der Waals surface area contributed by atoms with E-state index < -0.39 is 0 Å². The van der Waals surface area contributed by atoms with Crippen molar-refractivity contribution in [3.8, 4) is 0 Å². The first kappa shape index (κ1) is 15.7. The molecule has 3 heteroatoms. The number of hydrogen-bond acceptors (Lipinski definition) is 2. The van der Waals surface area contributed by atoms with Crippen LogP contribution in [0.1, 0.15) is 18.1 Å². The molecule has 0 bridgehead atoms. The topological polar surface area (TPSA) is 29.3 Å². The van der Waals surface area contributed by atoms with Crippen LogP contribution in [-0.2, 0) is 13.0 Å².